The van der Waals surface area contributed by atoms with Gasteiger partial charge in [-0.2, -0.15) is 0 Å². The van der Waals surface area contributed by atoms with Crippen LogP contribution >= 0.6 is 0 Å². The van der Waals surface area contributed by atoms with Gasteiger partial charge in [-0.25, -0.2) is 4.79 Å². The van der Waals surface area contributed by atoms with E-state index in [0.717, 1.165) is 10.9 Å². The minimum atomic E-state index is -1.34. The molecule has 0 fully saturated rings. The van der Waals surface area contributed by atoms with Gasteiger partial charge in [0.25, 0.3) is 0 Å². The number of fused-ring (bicyclic) bond motifs is 1. The van der Waals surface area contributed by atoms with E-state index in [1.165, 1.54) is 12.1 Å². The van der Waals surface area contributed by atoms with Crippen LogP contribution in [0.2, 0.25) is 0 Å². The van der Waals surface area contributed by atoms with Gasteiger partial charge >= 0.3 is 5.97 Å². The van der Waals surface area contributed by atoms with E-state index >= 15 is 0 Å². The highest BCUT2D eigenvalue weighted by molar-refractivity contribution is 5.95. The van der Waals surface area contributed by atoms with E-state index in [-0.39, 0.29) is 30.9 Å². The van der Waals surface area contributed by atoms with Gasteiger partial charge < -0.3 is 42.6 Å². The van der Waals surface area contributed by atoms with Crippen molar-refractivity contribution in [2.45, 2.75) is 63.7 Å². The lowest BCUT2D eigenvalue weighted by Gasteiger charge is -2.26. The highest BCUT2D eigenvalue weighted by atomic mass is 16.4. The maximum atomic E-state index is 13.6. The Morgan fingerprint density at radius 3 is 2.07 bits per heavy atom. The Morgan fingerprint density at radius 2 is 1.44 bits per heavy atom. The Hall–Kier alpha value is -4.91. The first-order valence-electron chi connectivity index (χ1n) is 13.8. The zero-order valence-corrected chi connectivity index (χ0v) is 24.0. The number of aliphatic carboxylic acids is 1. The van der Waals surface area contributed by atoms with Crippen molar-refractivity contribution in [3.63, 3.8) is 0 Å². The summed E-state index contributed by atoms with van der Waals surface area (Å²) in [6.07, 6.45) is 1.43. The lowest BCUT2D eigenvalue weighted by molar-refractivity contribution is -0.142. The molecular formula is C30H38N6O7. The number of aromatic nitrogens is 1. The minimum Gasteiger partial charge on any atom is -0.508 e. The van der Waals surface area contributed by atoms with Gasteiger partial charge in [0.15, 0.2) is 0 Å². The van der Waals surface area contributed by atoms with E-state index in [0.29, 0.717) is 11.1 Å². The van der Waals surface area contributed by atoms with Gasteiger partial charge in [0.05, 0.1) is 12.5 Å². The van der Waals surface area contributed by atoms with Crippen LogP contribution in [0.4, 0.5) is 0 Å². The molecule has 4 amide bonds. The third-order valence-electron chi connectivity index (χ3n) is 6.82. The smallest absolute Gasteiger partial charge is 0.326 e. The number of H-pyrrole nitrogens is 1. The van der Waals surface area contributed by atoms with E-state index in [1.807, 2.05) is 38.1 Å². The maximum absolute atomic E-state index is 13.6. The van der Waals surface area contributed by atoms with Gasteiger partial charge in [-0.15, -0.1) is 0 Å². The molecule has 0 saturated heterocycles. The lowest BCUT2D eigenvalue weighted by atomic mass is 9.99. The second-order valence-electron chi connectivity index (χ2n) is 10.9. The van der Waals surface area contributed by atoms with E-state index in [2.05, 4.69) is 20.9 Å². The van der Waals surface area contributed by atoms with Crippen molar-refractivity contribution < 1.29 is 34.2 Å². The lowest BCUT2D eigenvalue weighted by Crippen LogP contribution is -2.58. The Kier molecular flexibility index (Phi) is 11.2. The number of nitrogens with two attached hydrogens (primary N) is 2. The number of hydrogen-bond donors (Lipinski definition) is 8. The van der Waals surface area contributed by atoms with Crippen LogP contribution in [0.3, 0.4) is 0 Å². The largest absolute Gasteiger partial charge is 0.508 e. The number of primary amides is 1. The van der Waals surface area contributed by atoms with Crippen LogP contribution in [0.25, 0.3) is 10.9 Å². The summed E-state index contributed by atoms with van der Waals surface area (Å²) in [4.78, 5) is 66.2. The molecule has 4 unspecified atom stereocenters. The highest BCUT2D eigenvalue weighted by Gasteiger charge is 2.31. The second kappa shape index (κ2) is 14.8. The molecule has 0 aliphatic heterocycles. The van der Waals surface area contributed by atoms with Crippen LogP contribution in [-0.2, 0) is 36.8 Å². The number of aromatic amines is 1. The molecule has 2 aromatic carbocycles. The molecule has 0 aliphatic carbocycles. The van der Waals surface area contributed by atoms with E-state index in [9.17, 15) is 34.2 Å². The number of carboxylic acid groups (broad SMARTS) is 1. The van der Waals surface area contributed by atoms with Gasteiger partial charge in [-0.05, 0) is 41.7 Å². The van der Waals surface area contributed by atoms with Crippen molar-refractivity contribution in [2.75, 3.05) is 0 Å². The van der Waals surface area contributed by atoms with Crippen molar-refractivity contribution in [1.82, 2.24) is 20.9 Å². The van der Waals surface area contributed by atoms with Crippen molar-refractivity contribution in [1.29, 1.82) is 0 Å². The molecule has 0 saturated carbocycles. The first kappa shape index (κ1) is 32.6. The van der Waals surface area contributed by atoms with Crippen LogP contribution in [-0.4, -0.2) is 69.0 Å². The summed E-state index contributed by atoms with van der Waals surface area (Å²) in [7, 11) is 0. The summed E-state index contributed by atoms with van der Waals surface area (Å²) in [6.45, 7) is 3.68. The molecule has 10 N–H and O–H groups in total. The number of rotatable bonds is 15. The van der Waals surface area contributed by atoms with E-state index in [4.69, 9.17) is 11.5 Å². The predicted octanol–water partition coefficient (Wildman–Crippen LogP) is 0.447. The van der Waals surface area contributed by atoms with Gasteiger partial charge in [-0.3, -0.25) is 19.2 Å². The quantitative estimate of drug-likeness (QED) is 0.123. The van der Waals surface area contributed by atoms with Crippen LogP contribution in [0, 0.1) is 5.92 Å². The fraction of sp³-hybridized carbons (Fsp3) is 0.367. The van der Waals surface area contributed by atoms with Gasteiger partial charge in [0.2, 0.25) is 23.6 Å². The molecule has 13 nitrogen and oxygen atoms in total. The number of carbonyl (C=O) groups is 5. The number of para-hydroxylation sites is 1. The molecule has 1 aromatic heterocycles. The second-order valence-corrected chi connectivity index (χ2v) is 10.9. The van der Waals surface area contributed by atoms with Gasteiger partial charge in [-0.1, -0.05) is 44.2 Å². The summed E-state index contributed by atoms with van der Waals surface area (Å²) in [5, 5.41) is 28.0. The van der Waals surface area contributed by atoms with Gasteiger partial charge in [0, 0.05) is 29.9 Å². The number of carboxylic acids is 1. The van der Waals surface area contributed by atoms with Crippen LogP contribution < -0.4 is 27.4 Å². The van der Waals surface area contributed by atoms with E-state index in [1.54, 1.807) is 18.3 Å². The number of carbonyl (C=O) groups excluding carboxylic acids is 4. The molecule has 3 rings (SSSR count). The number of aromatic hydroxyl groups is 1. The van der Waals surface area contributed by atoms with Crippen molar-refractivity contribution in [2.24, 2.45) is 17.4 Å². The first-order valence-corrected chi connectivity index (χ1v) is 13.8. The molecule has 230 valence electrons. The molecule has 1 heterocycles. The predicted molar refractivity (Wildman–Crippen MR) is 158 cm³/mol. The summed E-state index contributed by atoms with van der Waals surface area (Å²) < 4.78 is 0. The fourth-order valence-electron chi connectivity index (χ4n) is 4.63. The van der Waals surface area contributed by atoms with E-state index < -0.39 is 60.2 Å². The zero-order valence-electron chi connectivity index (χ0n) is 24.0. The fourth-order valence-corrected chi connectivity index (χ4v) is 4.63. The summed E-state index contributed by atoms with van der Waals surface area (Å²) >= 11 is 0. The van der Waals surface area contributed by atoms with Crippen LogP contribution in [0.15, 0.2) is 54.7 Å². The summed E-state index contributed by atoms with van der Waals surface area (Å²) in [5.41, 5.74) is 13.0. The minimum absolute atomic E-state index is 0.0106. The average molecular weight is 595 g/mol. The molecule has 0 radical (unpaired) electrons. The third kappa shape index (κ3) is 9.57. The summed E-state index contributed by atoms with van der Waals surface area (Å²) in [5.74, 6) is -4.28. The number of phenolic OH excluding ortho intramolecular Hbond substituents is 1. The molecule has 0 bridgehead atoms. The van der Waals surface area contributed by atoms with Crippen LogP contribution in [0.1, 0.15) is 37.8 Å². The molecule has 0 aliphatic rings. The average Bonchev–Trinajstić information content (AvgIpc) is 3.35. The number of phenols is 1. The molecule has 13 heteroatoms. The Balaban J connectivity index is 1.86. The zero-order chi connectivity index (χ0) is 31.7. The molecule has 0 spiro atoms. The number of amides is 4. The number of nitrogens with one attached hydrogen (secondary N) is 4. The molecular weight excluding hydrogens is 556 g/mol. The monoisotopic (exact) mass is 594 g/mol. The third-order valence-corrected chi connectivity index (χ3v) is 6.82. The number of benzene rings is 2. The standard InChI is InChI=1S/C30H38N6O7/c1-16(2)11-23(34-27(39)21(31)14-26(32)38)28(40)35-24(13-18-15-33-22-6-4-3-5-20(18)22)29(41)36-25(30(42)43)12-17-7-9-19(37)10-8-17/h3-10,15-16,21,23-25,33,37H,11-14,31H2,1-2H3,(H2,32,38)(H,34,39)(H,35,40)(H,36,41)(H,42,43). The van der Waals surface area contributed by atoms with Crippen molar-refractivity contribution in [3.05, 3.63) is 65.9 Å². The Labute approximate surface area is 248 Å². The SMILES string of the molecule is CC(C)CC(NC(=O)C(N)CC(N)=O)C(=O)NC(Cc1c[nH]c2ccccc12)C(=O)NC(Cc1ccc(O)cc1)C(=O)O. The first-order chi connectivity index (χ1) is 20.3. The van der Waals surface area contributed by atoms with Crippen molar-refractivity contribution >= 4 is 40.5 Å². The Bertz CT molecular complexity index is 1450. The highest BCUT2D eigenvalue weighted by Crippen LogP contribution is 2.20. The Morgan fingerprint density at radius 1 is 0.837 bits per heavy atom. The molecule has 4 atom stereocenters. The number of hydrogen-bond acceptors (Lipinski definition) is 7. The normalized spacial score (nSPS) is 14.0. The molecule has 43 heavy (non-hydrogen) atoms. The summed E-state index contributed by atoms with van der Waals surface area (Å²) in [6, 6.07) is 8.37. The maximum Gasteiger partial charge on any atom is 0.326 e. The van der Waals surface area contributed by atoms with Crippen LogP contribution in [0.5, 0.6) is 5.75 Å². The van der Waals surface area contributed by atoms with Crippen molar-refractivity contribution in [3.8, 4) is 5.75 Å². The molecule has 3 aromatic rings. The van der Waals surface area contributed by atoms with Gasteiger partial charge in [0.1, 0.15) is 23.9 Å². The topological polar surface area (TPSA) is 230 Å².